The van der Waals surface area contributed by atoms with Crippen LogP contribution >= 0.6 is 0 Å². The molecule has 1 rings (SSSR count). The van der Waals surface area contributed by atoms with Gasteiger partial charge in [-0.15, -0.1) is 0 Å². The van der Waals surface area contributed by atoms with Gasteiger partial charge in [0.25, 0.3) is 0 Å². The number of hydrogen-bond acceptors (Lipinski definition) is 3. The lowest BCUT2D eigenvalue weighted by atomic mass is 10.2. The zero-order valence-corrected chi connectivity index (χ0v) is 8.40. The molecule has 0 aromatic carbocycles. The van der Waals surface area contributed by atoms with Crippen LogP contribution in [0.4, 0.5) is 0 Å². The molecule has 15 heavy (non-hydrogen) atoms. The molecular weight excluding hydrogens is 198 g/mol. The van der Waals surface area contributed by atoms with Crippen LogP contribution in [0.25, 0.3) is 0 Å². The molecule has 0 aliphatic rings. The van der Waals surface area contributed by atoms with E-state index in [0.29, 0.717) is 12.2 Å². The Hall–Kier alpha value is -1.78. The minimum Gasteiger partial charge on any atom is -0.550 e. The van der Waals surface area contributed by atoms with E-state index < -0.39 is 11.9 Å². The Balaban J connectivity index is 3.07. The van der Waals surface area contributed by atoms with Crippen molar-refractivity contribution in [2.45, 2.75) is 26.3 Å². The van der Waals surface area contributed by atoms with Crippen LogP contribution in [0, 0.1) is 0 Å². The summed E-state index contributed by atoms with van der Waals surface area (Å²) in [6, 6.07) is 1.41. The first-order valence-electron chi connectivity index (χ1n) is 4.67. The average Bonchev–Trinajstić information content (AvgIpc) is 2.48. The molecule has 0 saturated carbocycles. The SMILES string of the molecule is CCCn1ccc(C(=O)O)c1CC(=O)[O-]. The molecular formula is C10H12NO4-. The maximum Gasteiger partial charge on any atom is 0.337 e. The highest BCUT2D eigenvalue weighted by Gasteiger charge is 2.14. The van der Waals surface area contributed by atoms with E-state index in [0.717, 1.165) is 6.42 Å². The number of rotatable bonds is 5. The Kier molecular flexibility index (Phi) is 3.49. The van der Waals surface area contributed by atoms with Gasteiger partial charge in [-0.05, 0) is 12.5 Å². The number of hydrogen-bond donors (Lipinski definition) is 1. The lowest BCUT2D eigenvalue weighted by Crippen LogP contribution is -2.26. The van der Waals surface area contributed by atoms with Gasteiger partial charge in [0.05, 0.1) is 5.56 Å². The molecule has 1 N–H and O–H groups in total. The van der Waals surface area contributed by atoms with Crippen molar-refractivity contribution in [3.63, 3.8) is 0 Å². The number of aromatic nitrogens is 1. The van der Waals surface area contributed by atoms with E-state index in [2.05, 4.69) is 0 Å². The van der Waals surface area contributed by atoms with Gasteiger partial charge in [0, 0.05) is 30.8 Å². The first-order valence-corrected chi connectivity index (χ1v) is 4.67. The lowest BCUT2D eigenvalue weighted by Gasteiger charge is -2.09. The largest absolute Gasteiger partial charge is 0.550 e. The van der Waals surface area contributed by atoms with E-state index in [9.17, 15) is 14.7 Å². The van der Waals surface area contributed by atoms with Gasteiger partial charge in [-0.1, -0.05) is 6.92 Å². The average molecular weight is 210 g/mol. The van der Waals surface area contributed by atoms with Crippen LogP contribution in [0.3, 0.4) is 0 Å². The van der Waals surface area contributed by atoms with Crippen molar-refractivity contribution in [1.29, 1.82) is 0 Å². The molecule has 0 aliphatic heterocycles. The van der Waals surface area contributed by atoms with Crippen LogP contribution in [0.5, 0.6) is 0 Å². The molecule has 0 fully saturated rings. The van der Waals surface area contributed by atoms with Crippen molar-refractivity contribution in [3.05, 3.63) is 23.5 Å². The topological polar surface area (TPSA) is 82.4 Å². The smallest absolute Gasteiger partial charge is 0.337 e. The molecule has 1 heterocycles. The minimum atomic E-state index is -1.27. The Morgan fingerprint density at radius 1 is 1.53 bits per heavy atom. The monoisotopic (exact) mass is 210 g/mol. The summed E-state index contributed by atoms with van der Waals surface area (Å²) in [4.78, 5) is 21.3. The molecule has 0 spiro atoms. The molecule has 0 atom stereocenters. The molecule has 5 nitrogen and oxygen atoms in total. The zero-order valence-electron chi connectivity index (χ0n) is 8.40. The zero-order chi connectivity index (χ0) is 11.4. The van der Waals surface area contributed by atoms with Crippen molar-refractivity contribution in [3.8, 4) is 0 Å². The van der Waals surface area contributed by atoms with Gasteiger partial charge >= 0.3 is 5.97 Å². The third kappa shape index (κ3) is 2.59. The third-order valence-corrected chi connectivity index (χ3v) is 2.09. The minimum absolute atomic E-state index is 0.0349. The number of carbonyl (C=O) groups excluding carboxylic acids is 1. The van der Waals surface area contributed by atoms with Crippen molar-refractivity contribution in [1.82, 2.24) is 4.57 Å². The molecule has 0 saturated heterocycles. The fraction of sp³-hybridized carbons (Fsp3) is 0.400. The van der Waals surface area contributed by atoms with Crippen LogP contribution < -0.4 is 5.11 Å². The van der Waals surface area contributed by atoms with Crippen molar-refractivity contribution in [2.75, 3.05) is 0 Å². The third-order valence-electron chi connectivity index (χ3n) is 2.09. The normalized spacial score (nSPS) is 10.2. The molecule has 1 aromatic rings. The summed E-state index contributed by atoms with van der Waals surface area (Å²) in [5.41, 5.74) is 0.331. The number of nitrogens with zero attached hydrogens (tertiary/aromatic N) is 1. The van der Waals surface area contributed by atoms with Crippen LogP contribution in [0.2, 0.25) is 0 Å². The van der Waals surface area contributed by atoms with Crippen LogP contribution in [-0.4, -0.2) is 21.6 Å². The van der Waals surface area contributed by atoms with Crippen LogP contribution in [0.15, 0.2) is 12.3 Å². The fourth-order valence-electron chi connectivity index (χ4n) is 1.48. The summed E-state index contributed by atoms with van der Waals surface area (Å²) in [7, 11) is 0. The fourth-order valence-corrected chi connectivity index (χ4v) is 1.48. The van der Waals surface area contributed by atoms with Gasteiger partial charge in [-0.25, -0.2) is 4.79 Å². The second-order valence-corrected chi connectivity index (χ2v) is 3.22. The summed E-state index contributed by atoms with van der Waals surface area (Å²) < 4.78 is 1.64. The molecule has 0 amide bonds. The van der Waals surface area contributed by atoms with E-state index >= 15 is 0 Å². The Bertz CT molecular complexity index is 381. The second kappa shape index (κ2) is 4.63. The van der Waals surface area contributed by atoms with Crippen molar-refractivity contribution >= 4 is 11.9 Å². The molecule has 82 valence electrons. The summed E-state index contributed by atoms with van der Waals surface area (Å²) in [5.74, 6) is -2.38. The van der Waals surface area contributed by atoms with Crippen molar-refractivity contribution in [2.24, 2.45) is 0 Å². The highest BCUT2D eigenvalue weighted by molar-refractivity contribution is 5.90. The van der Waals surface area contributed by atoms with Gasteiger partial charge in [0.1, 0.15) is 0 Å². The maximum absolute atomic E-state index is 10.8. The van der Waals surface area contributed by atoms with Gasteiger partial charge in [-0.2, -0.15) is 0 Å². The van der Waals surface area contributed by atoms with E-state index in [1.54, 1.807) is 10.8 Å². The van der Waals surface area contributed by atoms with Crippen molar-refractivity contribution < 1.29 is 19.8 Å². The van der Waals surface area contributed by atoms with Gasteiger partial charge < -0.3 is 19.6 Å². The summed E-state index contributed by atoms with van der Waals surface area (Å²) in [6.45, 7) is 2.54. The summed E-state index contributed by atoms with van der Waals surface area (Å²) in [5, 5.41) is 19.3. The number of aryl methyl sites for hydroxylation is 1. The van der Waals surface area contributed by atoms with Gasteiger partial charge in [0.15, 0.2) is 0 Å². The van der Waals surface area contributed by atoms with Crippen LogP contribution in [-0.2, 0) is 17.8 Å². The number of carboxylic acid groups (broad SMARTS) is 2. The molecule has 0 bridgehead atoms. The van der Waals surface area contributed by atoms with E-state index in [-0.39, 0.29) is 12.0 Å². The van der Waals surface area contributed by atoms with E-state index in [4.69, 9.17) is 5.11 Å². The van der Waals surface area contributed by atoms with E-state index in [1.807, 2.05) is 6.92 Å². The molecule has 0 unspecified atom stereocenters. The highest BCUT2D eigenvalue weighted by Crippen LogP contribution is 2.12. The number of aromatic carboxylic acids is 1. The van der Waals surface area contributed by atoms with Gasteiger partial charge in [0.2, 0.25) is 0 Å². The summed E-state index contributed by atoms with van der Waals surface area (Å²) in [6.07, 6.45) is 2.04. The molecule has 0 radical (unpaired) electrons. The predicted octanol–water partition coefficient (Wildman–Crippen LogP) is -0.111. The quantitative estimate of drug-likeness (QED) is 0.735. The van der Waals surface area contributed by atoms with E-state index in [1.165, 1.54) is 6.07 Å². The molecule has 5 heteroatoms. The lowest BCUT2D eigenvalue weighted by molar-refractivity contribution is -0.304. The Morgan fingerprint density at radius 3 is 2.67 bits per heavy atom. The number of carboxylic acids is 2. The second-order valence-electron chi connectivity index (χ2n) is 3.22. The van der Waals surface area contributed by atoms with Gasteiger partial charge in [-0.3, -0.25) is 0 Å². The predicted molar refractivity (Wildman–Crippen MR) is 50.4 cm³/mol. The number of aliphatic carboxylic acids is 1. The standard InChI is InChI=1S/C10H13NO4/c1-2-4-11-5-3-7(10(14)15)8(11)6-9(12)13/h3,5H,2,4,6H2,1H3,(H,12,13)(H,14,15)/p-1. The molecule has 0 aliphatic carbocycles. The first-order chi connectivity index (χ1) is 7.06. The summed E-state index contributed by atoms with van der Waals surface area (Å²) >= 11 is 0. The maximum atomic E-state index is 10.8. The highest BCUT2D eigenvalue weighted by atomic mass is 16.4. The van der Waals surface area contributed by atoms with Crippen LogP contribution in [0.1, 0.15) is 29.4 Å². The number of carbonyl (C=O) groups is 2. The Morgan fingerprint density at radius 2 is 2.20 bits per heavy atom. The first kappa shape index (κ1) is 11.3. The Labute approximate surface area is 87.0 Å². The molecule has 1 aromatic heterocycles.